The number of methoxy groups -OCH3 is 1. The standard InChI is InChI=1S/C19H29NO/c1-18(2)15-9-11-19(3,13-15)17(18)20-12-10-14-7-5-6-8-16(14)21-4/h5-8,15,17,20H,9-13H2,1-4H3/t15-,17?,19+/m0/s1. The third-order valence-electron chi connectivity index (χ3n) is 6.21. The summed E-state index contributed by atoms with van der Waals surface area (Å²) < 4.78 is 5.45. The van der Waals surface area contributed by atoms with Gasteiger partial charge in [-0.15, -0.1) is 0 Å². The number of fused-ring (bicyclic) bond motifs is 2. The summed E-state index contributed by atoms with van der Waals surface area (Å²) in [5.74, 6) is 1.92. The minimum atomic E-state index is 0.438. The van der Waals surface area contributed by atoms with Crippen molar-refractivity contribution in [3.05, 3.63) is 29.8 Å². The molecule has 1 N–H and O–H groups in total. The number of rotatable bonds is 5. The molecule has 21 heavy (non-hydrogen) atoms. The molecule has 0 saturated heterocycles. The van der Waals surface area contributed by atoms with Gasteiger partial charge in [-0.25, -0.2) is 0 Å². The summed E-state index contributed by atoms with van der Waals surface area (Å²) in [6.45, 7) is 8.45. The van der Waals surface area contributed by atoms with E-state index in [1.807, 2.05) is 6.07 Å². The number of para-hydroxylation sites is 1. The van der Waals surface area contributed by atoms with Crippen LogP contribution in [0.2, 0.25) is 0 Å². The van der Waals surface area contributed by atoms with Gasteiger partial charge in [0.15, 0.2) is 0 Å². The molecule has 0 heterocycles. The van der Waals surface area contributed by atoms with Crippen LogP contribution >= 0.6 is 0 Å². The van der Waals surface area contributed by atoms with E-state index in [2.05, 4.69) is 44.3 Å². The van der Waals surface area contributed by atoms with Gasteiger partial charge in [-0.3, -0.25) is 0 Å². The molecule has 2 aliphatic rings. The van der Waals surface area contributed by atoms with Gasteiger partial charge in [-0.2, -0.15) is 0 Å². The lowest BCUT2D eigenvalue weighted by Gasteiger charge is -2.43. The molecular formula is C19H29NO. The number of nitrogens with one attached hydrogen (secondary N) is 1. The molecule has 1 unspecified atom stereocenters. The smallest absolute Gasteiger partial charge is 0.122 e. The Morgan fingerprint density at radius 1 is 1.24 bits per heavy atom. The summed E-state index contributed by atoms with van der Waals surface area (Å²) in [7, 11) is 1.76. The van der Waals surface area contributed by atoms with Crippen LogP contribution < -0.4 is 10.1 Å². The van der Waals surface area contributed by atoms with Crippen LogP contribution in [0.15, 0.2) is 24.3 Å². The highest BCUT2D eigenvalue weighted by Gasteiger charge is 2.58. The van der Waals surface area contributed by atoms with Gasteiger partial charge >= 0.3 is 0 Å². The SMILES string of the molecule is COc1ccccc1CCNC1C(C)(C)[C@H]2CC[C@]1(C)C2. The summed E-state index contributed by atoms with van der Waals surface area (Å²) in [5.41, 5.74) is 2.25. The van der Waals surface area contributed by atoms with Crippen molar-refractivity contribution < 1.29 is 4.74 Å². The Labute approximate surface area is 129 Å². The van der Waals surface area contributed by atoms with E-state index in [1.54, 1.807) is 7.11 Å². The van der Waals surface area contributed by atoms with Gasteiger partial charge in [0.25, 0.3) is 0 Å². The zero-order valence-corrected chi connectivity index (χ0v) is 13.9. The lowest BCUT2D eigenvalue weighted by atomic mass is 9.68. The molecule has 2 bridgehead atoms. The van der Waals surface area contributed by atoms with E-state index in [9.17, 15) is 0 Å². The quantitative estimate of drug-likeness (QED) is 0.882. The minimum absolute atomic E-state index is 0.438. The summed E-state index contributed by atoms with van der Waals surface area (Å²) in [4.78, 5) is 0. The van der Waals surface area contributed by atoms with Crippen LogP contribution in [-0.4, -0.2) is 19.7 Å². The Kier molecular flexibility index (Phi) is 3.77. The van der Waals surface area contributed by atoms with Crippen molar-refractivity contribution in [2.24, 2.45) is 16.7 Å². The van der Waals surface area contributed by atoms with Crippen molar-refractivity contribution in [2.45, 2.75) is 52.5 Å². The van der Waals surface area contributed by atoms with Crippen molar-refractivity contribution >= 4 is 0 Å². The fourth-order valence-electron chi connectivity index (χ4n) is 5.07. The van der Waals surface area contributed by atoms with Crippen LogP contribution in [0.25, 0.3) is 0 Å². The van der Waals surface area contributed by atoms with Crippen LogP contribution in [-0.2, 0) is 6.42 Å². The summed E-state index contributed by atoms with van der Waals surface area (Å²) >= 11 is 0. The Balaban J connectivity index is 1.63. The number of hydrogen-bond acceptors (Lipinski definition) is 2. The van der Waals surface area contributed by atoms with Crippen molar-refractivity contribution in [1.29, 1.82) is 0 Å². The van der Waals surface area contributed by atoms with E-state index >= 15 is 0 Å². The molecule has 3 atom stereocenters. The fraction of sp³-hybridized carbons (Fsp3) is 0.684. The van der Waals surface area contributed by atoms with Crippen molar-refractivity contribution in [3.8, 4) is 5.75 Å². The van der Waals surface area contributed by atoms with Crippen LogP contribution in [0.1, 0.15) is 45.6 Å². The maximum Gasteiger partial charge on any atom is 0.122 e. The Hall–Kier alpha value is -1.02. The average Bonchev–Trinajstić information content (AvgIpc) is 2.94. The molecule has 3 rings (SSSR count). The zero-order valence-electron chi connectivity index (χ0n) is 13.9. The van der Waals surface area contributed by atoms with E-state index in [0.717, 1.165) is 24.6 Å². The van der Waals surface area contributed by atoms with E-state index in [0.29, 0.717) is 16.9 Å². The van der Waals surface area contributed by atoms with Crippen LogP contribution in [0.5, 0.6) is 5.75 Å². The zero-order chi connectivity index (χ0) is 15.1. The molecule has 0 aliphatic heterocycles. The van der Waals surface area contributed by atoms with E-state index < -0.39 is 0 Å². The van der Waals surface area contributed by atoms with Gasteiger partial charge in [0.1, 0.15) is 5.75 Å². The number of benzene rings is 1. The van der Waals surface area contributed by atoms with E-state index in [-0.39, 0.29) is 0 Å². The van der Waals surface area contributed by atoms with Gasteiger partial charge in [-0.05, 0) is 60.6 Å². The highest BCUT2D eigenvalue weighted by Crippen LogP contribution is 2.62. The maximum absolute atomic E-state index is 5.45. The third kappa shape index (κ3) is 2.48. The van der Waals surface area contributed by atoms with Gasteiger partial charge in [0.05, 0.1) is 7.11 Å². The lowest BCUT2D eigenvalue weighted by molar-refractivity contribution is 0.110. The minimum Gasteiger partial charge on any atom is -0.496 e. The molecule has 1 aromatic rings. The first kappa shape index (κ1) is 14.9. The van der Waals surface area contributed by atoms with E-state index in [1.165, 1.54) is 24.8 Å². The van der Waals surface area contributed by atoms with Crippen LogP contribution in [0, 0.1) is 16.7 Å². The molecule has 0 aromatic heterocycles. The molecule has 2 heteroatoms. The molecule has 2 fully saturated rings. The first-order valence-corrected chi connectivity index (χ1v) is 8.33. The first-order valence-electron chi connectivity index (χ1n) is 8.33. The molecule has 0 spiro atoms. The highest BCUT2D eigenvalue weighted by molar-refractivity contribution is 5.33. The molecule has 0 radical (unpaired) electrons. The first-order chi connectivity index (χ1) is 9.97. The number of hydrogen-bond donors (Lipinski definition) is 1. The second-order valence-electron chi connectivity index (χ2n) is 7.86. The summed E-state index contributed by atoms with van der Waals surface area (Å²) in [5, 5.41) is 3.89. The van der Waals surface area contributed by atoms with Crippen molar-refractivity contribution in [3.63, 3.8) is 0 Å². The Morgan fingerprint density at radius 3 is 2.67 bits per heavy atom. The fourth-order valence-corrected chi connectivity index (χ4v) is 5.07. The molecular weight excluding hydrogens is 258 g/mol. The monoisotopic (exact) mass is 287 g/mol. The number of ether oxygens (including phenoxy) is 1. The van der Waals surface area contributed by atoms with Crippen LogP contribution in [0.3, 0.4) is 0 Å². The average molecular weight is 287 g/mol. The predicted molar refractivity (Wildman–Crippen MR) is 87.7 cm³/mol. The normalized spacial score (nSPS) is 33.3. The summed E-state index contributed by atoms with van der Waals surface area (Å²) in [6.07, 6.45) is 5.27. The molecule has 2 nitrogen and oxygen atoms in total. The van der Waals surface area contributed by atoms with Crippen LogP contribution in [0.4, 0.5) is 0 Å². The lowest BCUT2D eigenvalue weighted by Crippen LogP contribution is -2.50. The second-order valence-corrected chi connectivity index (χ2v) is 7.86. The second kappa shape index (κ2) is 5.31. The largest absolute Gasteiger partial charge is 0.496 e. The molecule has 116 valence electrons. The molecule has 2 saturated carbocycles. The molecule has 2 aliphatic carbocycles. The third-order valence-corrected chi connectivity index (χ3v) is 6.21. The van der Waals surface area contributed by atoms with Crippen molar-refractivity contribution in [2.75, 3.05) is 13.7 Å². The van der Waals surface area contributed by atoms with E-state index in [4.69, 9.17) is 4.74 Å². The Morgan fingerprint density at radius 2 is 2.00 bits per heavy atom. The topological polar surface area (TPSA) is 21.3 Å². The maximum atomic E-state index is 5.45. The van der Waals surface area contributed by atoms with Crippen molar-refractivity contribution in [1.82, 2.24) is 5.32 Å². The molecule has 0 amide bonds. The summed E-state index contributed by atoms with van der Waals surface area (Å²) in [6, 6.07) is 9.02. The van der Waals surface area contributed by atoms with Gasteiger partial charge in [0, 0.05) is 6.04 Å². The van der Waals surface area contributed by atoms with Gasteiger partial charge in [0.2, 0.25) is 0 Å². The highest BCUT2D eigenvalue weighted by atomic mass is 16.5. The van der Waals surface area contributed by atoms with Gasteiger partial charge in [-0.1, -0.05) is 39.0 Å². The Bertz CT molecular complexity index is 505. The molecule has 1 aromatic carbocycles. The predicted octanol–water partition coefficient (Wildman–Crippen LogP) is 4.04. The van der Waals surface area contributed by atoms with Gasteiger partial charge < -0.3 is 10.1 Å².